The number of amides is 1. The quantitative estimate of drug-likeness (QED) is 0.721. The molecule has 29 heavy (non-hydrogen) atoms. The number of nitrogens with one attached hydrogen (secondary N) is 1. The molecule has 0 bridgehead atoms. The molecule has 2 aromatic rings. The highest BCUT2D eigenvalue weighted by atomic mass is 16.5. The summed E-state index contributed by atoms with van der Waals surface area (Å²) in [5.74, 6) is 0.0703. The molecule has 1 N–H and O–H groups in total. The van der Waals surface area contributed by atoms with E-state index in [0.29, 0.717) is 23.6 Å². The molecular weight excluding hydrogens is 372 g/mol. The van der Waals surface area contributed by atoms with Crippen LogP contribution in [0, 0.1) is 0 Å². The molecule has 1 fully saturated rings. The minimum Gasteiger partial charge on any atom is -0.477 e. The molecule has 0 saturated carbocycles. The van der Waals surface area contributed by atoms with Crippen LogP contribution in [0.5, 0.6) is 5.75 Å². The maximum atomic E-state index is 12.3. The van der Waals surface area contributed by atoms with Crippen molar-refractivity contribution in [1.82, 2.24) is 4.90 Å². The standard InChI is InChI=1S/C22H26N2O5/c1-16(25)17-7-6-8-18(11-17)23-22(27)15-29-21-14-28-19(12-20(21)26)13-24-9-4-2-3-5-10-24/h6-8,11-12,14H,2-5,9-10,13,15H2,1H3,(H,23,27). The molecule has 2 heterocycles. The van der Waals surface area contributed by atoms with Crippen LogP contribution in [0.3, 0.4) is 0 Å². The minimum absolute atomic E-state index is 0.00254. The van der Waals surface area contributed by atoms with Crippen LogP contribution in [0.2, 0.25) is 0 Å². The number of likely N-dealkylation sites (tertiary alicyclic amines) is 1. The predicted molar refractivity (Wildman–Crippen MR) is 109 cm³/mol. The Balaban J connectivity index is 1.53. The lowest BCUT2D eigenvalue weighted by atomic mass is 10.1. The fourth-order valence-corrected chi connectivity index (χ4v) is 3.30. The Morgan fingerprint density at radius 3 is 2.59 bits per heavy atom. The SMILES string of the molecule is CC(=O)c1cccc(NC(=O)COc2coc(CN3CCCCCC3)cc2=O)c1. The van der Waals surface area contributed by atoms with Crippen molar-refractivity contribution in [2.45, 2.75) is 39.2 Å². The third-order valence-electron chi connectivity index (χ3n) is 4.84. The molecule has 0 atom stereocenters. The van der Waals surface area contributed by atoms with Crippen LogP contribution >= 0.6 is 0 Å². The monoisotopic (exact) mass is 398 g/mol. The molecule has 0 radical (unpaired) electrons. The maximum absolute atomic E-state index is 12.3. The van der Waals surface area contributed by atoms with Crippen molar-refractivity contribution in [2.75, 3.05) is 25.0 Å². The molecule has 1 amide bonds. The number of rotatable bonds is 7. The Morgan fingerprint density at radius 1 is 1.14 bits per heavy atom. The zero-order chi connectivity index (χ0) is 20.6. The van der Waals surface area contributed by atoms with Crippen LogP contribution in [-0.4, -0.2) is 36.3 Å². The summed E-state index contributed by atoms with van der Waals surface area (Å²) in [4.78, 5) is 38.0. The Morgan fingerprint density at radius 2 is 1.90 bits per heavy atom. The predicted octanol–water partition coefficient (Wildman–Crippen LogP) is 3.24. The maximum Gasteiger partial charge on any atom is 0.262 e. The van der Waals surface area contributed by atoms with Gasteiger partial charge in [-0.2, -0.15) is 0 Å². The fraction of sp³-hybridized carbons (Fsp3) is 0.409. The van der Waals surface area contributed by atoms with Gasteiger partial charge < -0.3 is 14.5 Å². The lowest BCUT2D eigenvalue weighted by Crippen LogP contribution is -2.25. The van der Waals surface area contributed by atoms with Crippen molar-refractivity contribution < 1.29 is 18.7 Å². The third-order valence-corrected chi connectivity index (χ3v) is 4.84. The molecule has 1 saturated heterocycles. The molecule has 3 rings (SSSR count). The number of ketones is 1. The summed E-state index contributed by atoms with van der Waals surface area (Å²) in [5.41, 5.74) is 0.683. The summed E-state index contributed by atoms with van der Waals surface area (Å²) in [5, 5.41) is 2.64. The lowest BCUT2D eigenvalue weighted by Gasteiger charge is -2.18. The minimum atomic E-state index is -0.432. The number of anilines is 1. The van der Waals surface area contributed by atoms with Gasteiger partial charge in [0, 0.05) is 17.3 Å². The van der Waals surface area contributed by atoms with Crippen LogP contribution in [0.25, 0.3) is 0 Å². The van der Waals surface area contributed by atoms with Gasteiger partial charge in [0.15, 0.2) is 12.4 Å². The number of hydrogen-bond donors (Lipinski definition) is 1. The Bertz CT molecular complexity index is 913. The van der Waals surface area contributed by atoms with Crippen molar-refractivity contribution >= 4 is 17.4 Å². The number of Topliss-reactive ketones (excluding diaryl/α,β-unsaturated/α-hetero) is 1. The zero-order valence-corrected chi connectivity index (χ0v) is 16.6. The number of ether oxygens (including phenoxy) is 1. The van der Waals surface area contributed by atoms with E-state index in [1.54, 1.807) is 24.3 Å². The number of nitrogens with zero attached hydrogens (tertiary/aromatic N) is 1. The van der Waals surface area contributed by atoms with Gasteiger partial charge in [-0.25, -0.2) is 0 Å². The highest BCUT2D eigenvalue weighted by molar-refractivity contribution is 5.97. The van der Waals surface area contributed by atoms with Gasteiger partial charge in [0.05, 0.1) is 6.54 Å². The molecule has 1 aliphatic rings. The summed E-state index contributed by atoms with van der Waals surface area (Å²) >= 11 is 0. The first-order valence-corrected chi connectivity index (χ1v) is 9.89. The van der Waals surface area contributed by atoms with Gasteiger partial charge in [-0.3, -0.25) is 19.3 Å². The highest BCUT2D eigenvalue weighted by Crippen LogP contribution is 2.14. The van der Waals surface area contributed by atoms with Gasteiger partial charge in [-0.1, -0.05) is 25.0 Å². The van der Waals surface area contributed by atoms with E-state index in [9.17, 15) is 14.4 Å². The first kappa shape index (κ1) is 20.8. The molecule has 1 aromatic carbocycles. The summed E-state index contributed by atoms with van der Waals surface area (Å²) in [6, 6.07) is 8.05. The lowest BCUT2D eigenvalue weighted by molar-refractivity contribution is -0.118. The smallest absolute Gasteiger partial charge is 0.262 e. The number of carbonyl (C=O) groups excluding carboxylic acids is 2. The normalized spacial score (nSPS) is 14.8. The summed E-state index contributed by atoms with van der Waals surface area (Å²) in [6.07, 6.45) is 6.08. The van der Waals surface area contributed by atoms with Crippen molar-refractivity contribution in [1.29, 1.82) is 0 Å². The van der Waals surface area contributed by atoms with Gasteiger partial charge in [0.1, 0.15) is 12.0 Å². The molecule has 0 aliphatic carbocycles. The molecule has 0 spiro atoms. The molecule has 1 aromatic heterocycles. The van der Waals surface area contributed by atoms with Gasteiger partial charge in [0.2, 0.25) is 11.2 Å². The van der Waals surface area contributed by atoms with Gasteiger partial charge in [-0.05, 0) is 45.0 Å². The summed E-state index contributed by atoms with van der Waals surface area (Å²) < 4.78 is 10.9. The van der Waals surface area contributed by atoms with Crippen LogP contribution in [0.1, 0.15) is 48.7 Å². The third kappa shape index (κ3) is 6.29. The second kappa shape index (κ2) is 10.0. The first-order valence-electron chi connectivity index (χ1n) is 9.89. The van der Waals surface area contributed by atoms with Crippen LogP contribution in [0.15, 0.2) is 45.8 Å². The van der Waals surface area contributed by atoms with Crippen molar-refractivity contribution in [2.24, 2.45) is 0 Å². The zero-order valence-electron chi connectivity index (χ0n) is 16.6. The highest BCUT2D eigenvalue weighted by Gasteiger charge is 2.13. The van der Waals surface area contributed by atoms with E-state index in [1.165, 1.54) is 32.1 Å². The second-order valence-electron chi connectivity index (χ2n) is 7.24. The van der Waals surface area contributed by atoms with E-state index in [4.69, 9.17) is 9.15 Å². The van der Waals surface area contributed by atoms with E-state index in [1.807, 2.05) is 0 Å². The van der Waals surface area contributed by atoms with Crippen molar-refractivity contribution in [3.8, 4) is 5.75 Å². The van der Waals surface area contributed by atoms with Gasteiger partial charge >= 0.3 is 0 Å². The van der Waals surface area contributed by atoms with Crippen LogP contribution in [0.4, 0.5) is 5.69 Å². The Labute approximate surface area is 169 Å². The molecular formula is C22H26N2O5. The molecule has 154 valence electrons. The van der Waals surface area contributed by atoms with Gasteiger partial charge in [0.25, 0.3) is 5.91 Å². The second-order valence-corrected chi connectivity index (χ2v) is 7.24. The summed E-state index contributed by atoms with van der Waals surface area (Å²) in [7, 11) is 0. The largest absolute Gasteiger partial charge is 0.477 e. The first-order chi connectivity index (χ1) is 14.0. The van der Waals surface area contributed by atoms with Crippen LogP contribution < -0.4 is 15.5 Å². The van der Waals surface area contributed by atoms with E-state index in [0.717, 1.165) is 25.9 Å². The molecule has 1 aliphatic heterocycles. The van der Waals surface area contributed by atoms with E-state index >= 15 is 0 Å². The fourth-order valence-electron chi connectivity index (χ4n) is 3.30. The number of benzene rings is 1. The van der Waals surface area contributed by atoms with Crippen molar-refractivity contribution in [3.63, 3.8) is 0 Å². The van der Waals surface area contributed by atoms with Gasteiger partial charge in [-0.15, -0.1) is 0 Å². The Hall–Kier alpha value is -2.93. The van der Waals surface area contributed by atoms with Crippen molar-refractivity contribution in [3.05, 3.63) is 58.1 Å². The average molecular weight is 398 g/mol. The summed E-state index contributed by atoms with van der Waals surface area (Å²) in [6.45, 7) is 3.74. The average Bonchev–Trinajstić information content (AvgIpc) is 2.96. The number of carbonyl (C=O) groups is 2. The number of hydrogen-bond acceptors (Lipinski definition) is 6. The molecule has 7 nitrogen and oxygen atoms in total. The molecule has 0 unspecified atom stereocenters. The molecule has 7 heteroatoms. The van der Waals surface area contributed by atoms with E-state index in [-0.39, 0.29) is 23.6 Å². The topological polar surface area (TPSA) is 88.8 Å². The van der Waals surface area contributed by atoms with Crippen LogP contribution in [-0.2, 0) is 11.3 Å². The van der Waals surface area contributed by atoms with E-state index in [2.05, 4.69) is 10.2 Å². The Kier molecular flexibility index (Phi) is 7.19. The van der Waals surface area contributed by atoms with E-state index < -0.39 is 5.91 Å².